The Morgan fingerprint density at radius 1 is 0.429 bits per heavy atom. The second-order valence-corrected chi connectivity index (χ2v) is 3.23. The minimum atomic E-state index is 1.03. The van der Waals surface area contributed by atoms with Gasteiger partial charge in [0.05, 0.1) is 0 Å². The molecule has 0 amide bonds. The molecule has 0 aliphatic heterocycles. The van der Waals surface area contributed by atoms with Crippen molar-refractivity contribution in [3.63, 3.8) is 0 Å². The van der Waals surface area contributed by atoms with Crippen molar-refractivity contribution >= 4 is 0 Å². The van der Waals surface area contributed by atoms with Crippen LogP contribution in [0, 0.1) is 0 Å². The van der Waals surface area contributed by atoms with E-state index in [9.17, 15) is 0 Å². The Labute approximate surface area is 87.0 Å². The average molecular weight is 186 g/mol. The predicted octanol–water partition coefficient (Wildman–Crippen LogP) is 4.34. The highest BCUT2D eigenvalue weighted by Crippen LogP contribution is 1.97. The van der Waals surface area contributed by atoms with Crippen LogP contribution in [0.1, 0.15) is 25.7 Å². The zero-order valence-corrected chi connectivity index (χ0v) is 8.60. The molecule has 0 bridgehead atoms. The van der Waals surface area contributed by atoms with Crippen molar-refractivity contribution in [1.82, 2.24) is 0 Å². The molecule has 1 rings (SSSR count). The summed E-state index contributed by atoms with van der Waals surface area (Å²) in [7, 11) is 0. The molecule has 0 N–H and O–H groups in total. The molecule has 74 valence electrons. The Morgan fingerprint density at radius 3 is 1.86 bits per heavy atom. The Kier molecular flexibility index (Phi) is 6.39. The monoisotopic (exact) mass is 186 g/mol. The smallest absolute Gasteiger partial charge is 0.0166 e. The second kappa shape index (κ2) is 8.31. The van der Waals surface area contributed by atoms with Gasteiger partial charge in [-0.05, 0) is 25.7 Å². The fraction of sp³-hybridized carbons (Fsp3) is 0.286. The van der Waals surface area contributed by atoms with E-state index in [-0.39, 0.29) is 0 Å². The maximum Gasteiger partial charge on any atom is -0.0166 e. The summed E-state index contributed by atoms with van der Waals surface area (Å²) in [6, 6.07) is 0. The van der Waals surface area contributed by atoms with E-state index >= 15 is 0 Å². The molecule has 0 atom stereocenters. The molecule has 0 saturated heterocycles. The molecular formula is C14H18. The lowest BCUT2D eigenvalue weighted by Crippen LogP contribution is -1.66. The van der Waals surface area contributed by atoms with Gasteiger partial charge in [-0.2, -0.15) is 0 Å². The summed E-state index contributed by atoms with van der Waals surface area (Å²) < 4.78 is 0. The van der Waals surface area contributed by atoms with Gasteiger partial charge >= 0.3 is 0 Å². The van der Waals surface area contributed by atoms with Crippen LogP contribution in [0.2, 0.25) is 0 Å². The van der Waals surface area contributed by atoms with Gasteiger partial charge in [0.15, 0.2) is 0 Å². The second-order valence-electron chi connectivity index (χ2n) is 3.23. The van der Waals surface area contributed by atoms with Crippen LogP contribution >= 0.6 is 0 Å². The predicted molar refractivity (Wildman–Crippen MR) is 64.2 cm³/mol. The first-order chi connectivity index (χ1) is 7.00. The number of rotatable bonds is 0. The third kappa shape index (κ3) is 6.24. The van der Waals surface area contributed by atoms with Crippen molar-refractivity contribution in [3.8, 4) is 0 Å². The molecule has 14 heavy (non-hydrogen) atoms. The van der Waals surface area contributed by atoms with Crippen molar-refractivity contribution in [2.24, 2.45) is 0 Å². The van der Waals surface area contributed by atoms with Crippen molar-refractivity contribution < 1.29 is 0 Å². The zero-order chi connectivity index (χ0) is 9.90. The average Bonchev–Trinajstić information content (AvgIpc) is 2.22. The minimum absolute atomic E-state index is 1.03. The molecule has 0 aromatic rings. The molecule has 0 heteroatoms. The molecule has 1 aliphatic rings. The Balaban J connectivity index is 2.45. The third-order valence-corrected chi connectivity index (χ3v) is 1.98. The van der Waals surface area contributed by atoms with E-state index in [0.29, 0.717) is 0 Å². The number of hydrogen-bond acceptors (Lipinski definition) is 0. The van der Waals surface area contributed by atoms with Crippen molar-refractivity contribution in [3.05, 3.63) is 60.8 Å². The molecule has 0 aromatic carbocycles. The molecular weight excluding hydrogens is 168 g/mol. The first-order valence-corrected chi connectivity index (χ1v) is 5.28. The Bertz CT molecular complexity index is 262. The van der Waals surface area contributed by atoms with Gasteiger partial charge in [-0.25, -0.2) is 0 Å². The Morgan fingerprint density at radius 2 is 1.00 bits per heavy atom. The maximum absolute atomic E-state index is 2.25. The van der Waals surface area contributed by atoms with Crippen LogP contribution < -0.4 is 0 Å². The summed E-state index contributed by atoms with van der Waals surface area (Å²) in [5.41, 5.74) is 0. The summed E-state index contributed by atoms with van der Waals surface area (Å²) in [5, 5.41) is 0. The van der Waals surface area contributed by atoms with Crippen LogP contribution in [-0.4, -0.2) is 0 Å². The quantitative estimate of drug-likeness (QED) is 0.494. The van der Waals surface area contributed by atoms with Gasteiger partial charge in [0.2, 0.25) is 0 Å². The molecule has 0 spiro atoms. The summed E-state index contributed by atoms with van der Waals surface area (Å²) >= 11 is 0. The first-order valence-electron chi connectivity index (χ1n) is 5.28. The van der Waals surface area contributed by atoms with Crippen LogP contribution in [0.25, 0.3) is 0 Å². The molecule has 0 radical (unpaired) electrons. The standard InChI is InChI=1S/C14H18/c1-2-4-6-8-10-12-14-13-11-9-7-5-3-1/h1-6,9,11-12,14H,7-8,10,13H2/b2-1?,5-3?,6-4+,11-9+,14-12+. The van der Waals surface area contributed by atoms with Gasteiger partial charge in [-0.15, -0.1) is 0 Å². The highest BCUT2D eigenvalue weighted by atomic mass is 13.8. The summed E-state index contributed by atoms with van der Waals surface area (Å²) in [5.74, 6) is 0. The summed E-state index contributed by atoms with van der Waals surface area (Å²) in [4.78, 5) is 0. The van der Waals surface area contributed by atoms with Crippen molar-refractivity contribution in [2.45, 2.75) is 25.7 Å². The van der Waals surface area contributed by atoms with E-state index in [2.05, 4.69) is 60.8 Å². The van der Waals surface area contributed by atoms with Crippen LogP contribution in [0.3, 0.4) is 0 Å². The van der Waals surface area contributed by atoms with Crippen molar-refractivity contribution in [1.29, 1.82) is 0 Å². The van der Waals surface area contributed by atoms with E-state index in [1.54, 1.807) is 0 Å². The normalized spacial score (nSPS) is 25.1. The molecule has 0 nitrogen and oxygen atoms in total. The van der Waals surface area contributed by atoms with Gasteiger partial charge < -0.3 is 0 Å². The summed E-state index contributed by atoms with van der Waals surface area (Å²) in [6.07, 6.45) is 26.0. The highest BCUT2D eigenvalue weighted by Gasteiger charge is 1.77. The third-order valence-electron chi connectivity index (χ3n) is 1.98. The van der Waals surface area contributed by atoms with E-state index in [4.69, 9.17) is 0 Å². The first kappa shape index (κ1) is 10.8. The van der Waals surface area contributed by atoms with Crippen LogP contribution in [0.5, 0.6) is 0 Å². The minimum Gasteiger partial charge on any atom is -0.0879 e. The van der Waals surface area contributed by atoms with Crippen LogP contribution in [0.4, 0.5) is 0 Å². The lowest BCUT2D eigenvalue weighted by Gasteiger charge is -1.87. The molecule has 0 unspecified atom stereocenters. The van der Waals surface area contributed by atoms with Gasteiger partial charge in [-0.3, -0.25) is 0 Å². The highest BCUT2D eigenvalue weighted by molar-refractivity contribution is 5.12. The SMILES string of the molecule is C1=C/C=C/CC/C=C/C/C=C/CC=C1. The lowest BCUT2D eigenvalue weighted by molar-refractivity contribution is 1.04. The lowest BCUT2D eigenvalue weighted by atomic mass is 10.2. The van der Waals surface area contributed by atoms with E-state index in [1.807, 2.05) is 0 Å². The molecule has 0 aromatic heterocycles. The van der Waals surface area contributed by atoms with E-state index < -0.39 is 0 Å². The molecule has 0 saturated carbocycles. The van der Waals surface area contributed by atoms with Gasteiger partial charge in [0.25, 0.3) is 0 Å². The van der Waals surface area contributed by atoms with Crippen LogP contribution in [-0.2, 0) is 0 Å². The van der Waals surface area contributed by atoms with Gasteiger partial charge in [0.1, 0.15) is 0 Å². The van der Waals surface area contributed by atoms with Crippen LogP contribution in [0.15, 0.2) is 60.8 Å². The number of hydrogen-bond donors (Lipinski definition) is 0. The van der Waals surface area contributed by atoms with E-state index in [1.165, 1.54) is 0 Å². The number of allylic oxidation sites excluding steroid dienone is 10. The fourth-order valence-corrected chi connectivity index (χ4v) is 1.22. The van der Waals surface area contributed by atoms with E-state index in [0.717, 1.165) is 25.7 Å². The fourth-order valence-electron chi connectivity index (χ4n) is 1.22. The Hall–Kier alpha value is -1.30. The molecule has 1 aliphatic carbocycles. The van der Waals surface area contributed by atoms with Gasteiger partial charge in [0, 0.05) is 0 Å². The molecule has 0 fully saturated rings. The topological polar surface area (TPSA) is 0 Å². The van der Waals surface area contributed by atoms with Gasteiger partial charge in [-0.1, -0.05) is 60.8 Å². The maximum atomic E-state index is 2.25. The zero-order valence-electron chi connectivity index (χ0n) is 8.60. The summed E-state index contributed by atoms with van der Waals surface area (Å²) in [6.45, 7) is 0. The molecule has 0 heterocycles. The van der Waals surface area contributed by atoms with Crippen molar-refractivity contribution in [2.75, 3.05) is 0 Å². The largest absolute Gasteiger partial charge is 0.0879 e.